The molecule has 0 aliphatic heterocycles. The Morgan fingerprint density at radius 3 is 2.41 bits per heavy atom. The number of rotatable bonds is 7. The standard InChI is InChI=1S/C20H21N3O3S/c1-4-25-16-11-10-15(12-17(16)26-5-2)18(24)21-20-23-22-19(27-20)14-8-6-13(3)7-9-14/h6-12H,4-5H2,1-3H3,(H,21,23,24). The van der Waals surface area contributed by atoms with Gasteiger partial charge < -0.3 is 9.47 Å². The molecule has 0 aliphatic carbocycles. The predicted octanol–water partition coefficient (Wildman–Crippen LogP) is 4.56. The third kappa shape index (κ3) is 4.62. The average molecular weight is 383 g/mol. The SMILES string of the molecule is CCOc1ccc(C(=O)Nc2nnc(-c3ccc(C)cc3)s2)cc1OCC. The van der Waals surface area contributed by atoms with E-state index in [2.05, 4.69) is 15.5 Å². The van der Waals surface area contributed by atoms with Gasteiger partial charge in [-0.2, -0.15) is 0 Å². The van der Waals surface area contributed by atoms with Crippen molar-refractivity contribution < 1.29 is 14.3 Å². The highest BCUT2D eigenvalue weighted by Gasteiger charge is 2.14. The van der Waals surface area contributed by atoms with Crippen molar-refractivity contribution in [2.75, 3.05) is 18.5 Å². The summed E-state index contributed by atoms with van der Waals surface area (Å²) in [6.07, 6.45) is 0. The molecule has 0 unspecified atom stereocenters. The zero-order valence-electron chi connectivity index (χ0n) is 15.5. The number of hydrogen-bond acceptors (Lipinski definition) is 6. The molecule has 0 saturated carbocycles. The van der Waals surface area contributed by atoms with Crippen molar-refractivity contribution >= 4 is 22.4 Å². The molecule has 0 aliphatic rings. The average Bonchev–Trinajstić information content (AvgIpc) is 3.12. The molecule has 0 spiro atoms. The number of amides is 1. The summed E-state index contributed by atoms with van der Waals surface area (Å²) in [5.41, 5.74) is 2.62. The van der Waals surface area contributed by atoms with Crippen LogP contribution in [0.3, 0.4) is 0 Å². The van der Waals surface area contributed by atoms with E-state index in [1.165, 1.54) is 16.9 Å². The third-order valence-electron chi connectivity index (χ3n) is 3.75. The van der Waals surface area contributed by atoms with E-state index in [9.17, 15) is 4.79 Å². The molecule has 7 heteroatoms. The van der Waals surface area contributed by atoms with Crippen molar-refractivity contribution in [3.8, 4) is 22.1 Å². The lowest BCUT2D eigenvalue weighted by Gasteiger charge is -2.12. The summed E-state index contributed by atoms with van der Waals surface area (Å²) in [4.78, 5) is 12.6. The summed E-state index contributed by atoms with van der Waals surface area (Å²) in [6, 6.07) is 13.1. The lowest BCUT2D eigenvalue weighted by atomic mass is 10.2. The van der Waals surface area contributed by atoms with Gasteiger partial charge in [0.15, 0.2) is 11.5 Å². The van der Waals surface area contributed by atoms with E-state index < -0.39 is 0 Å². The largest absolute Gasteiger partial charge is 0.490 e. The molecule has 0 bridgehead atoms. The minimum Gasteiger partial charge on any atom is -0.490 e. The first-order chi connectivity index (χ1) is 13.1. The van der Waals surface area contributed by atoms with E-state index in [0.29, 0.717) is 35.4 Å². The van der Waals surface area contributed by atoms with Gasteiger partial charge in [-0.15, -0.1) is 10.2 Å². The number of ether oxygens (including phenoxy) is 2. The molecule has 1 N–H and O–H groups in total. The molecule has 2 aromatic carbocycles. The maximum Gasteiger partial charge on any atom is 0.257 e. The van der Waals surface area contributed by atoms with Crippen LogP contribution in [0.1, 0.15) is 29.8 Å². The van der Waals surface area contributed by atoms with E-state index in [-0.39, 0.29) is 5.91 Å². The molecule has 140 valence electrons. The maximum atomic E-state index is 12.6. The Morgan fingerprint density at radius 2 is 1.70 bits per heavy atom. The summed E-state index contributed by atoms with van der Waals surface area (Å²) in [5.74, 6) is 0.892. The number of carbonyl (C=O) groups is 1. The molecular weight excluding hydrogens is 362 g/mol. The molecule has 1 amide bonds. The van der Waals surface area contributed by atoms with Crippen LogP contribution in [0, 0.1) is 6.92 Å². The topological polar surface area (TPSA) is 73.3 Å². The van der Waals surface area contributed by atoms with Gasteiger partial charge in [-0.3, -0.25) is 10.1 Å². The maximum absolute atomic E-state index is 12.6. The van der Waals surface area contributed by atoms with Gasteiger partial charge in [0, 0.05) is 11.1 Å². The molecule has 1 aromatic heterocycles. The Hall–Kier alpha value is -2.93. The molecule has 0 fully saturated rings. The summed E-state index contributed by atoms with van der Waals surface area (Å²) in [6.45, 7) is 6.83. The second kappa shape index (κ2) is 8.64. The van der Waals surface area contributed by atoms with Gasteiger partial charge in [0.1, 0.15) is 5.01 Å². The van der Waals surface area contributed by atoms with Crippen LogP contribution in [0.5, 0.6) is 11.5 Å². The summed E-state index contributed by atoms with van der Waals surface area (Å²) in [5, 5.41) is 12.2. The van der Waals surface area contributed by atoms with Crippen molar-refractivity contribution in [1.82, 2.24) is 10.2 Å². The predicted molar refractivity (Wildman–Crippen MR) is 107 cm³/mol. The molecule has 3 aromatic rings. The lowest BCUT2D eigenvalue weighted by Crippen LogP contribution is -2.12. The Kier molecular flexibility index (Phi) is 6.03. The van der Waals surface area contributed by atoms with E-state index in [1.807, 2.05) is 45.0 Å². The number of hydrogen-bond donors (Lipinski definition) is 1. The molecule has 0 atom stereocenters. The third-order valence-corrected chi connectivity index (χ3v) is 4.64. The lowest BCUT2D eigenvalue weighted by molar-refractivity contribution is 0.102. The second-order valence-corrected chi connectivity index (χ2v) is 6.74. The number of nitrogens with zero attached hydrogens (tertiary/aromatic N) is 2. The second-order valence-electron chi connectivity index (χ2n) is 5.76. The van der Waals surface area contributed by atoms with Crippen LogP contribution in [0.25, 0.3) is 10.6 Å². The molecule has 0 saturated heterocycles. The van der Waals surface area contributed by atoms with Gasteiger partial charge >= 0.3 is 0 Å². The van der Waals surface area contributed by atoms with E-state index >= 15 is 0 Å². The minimum absolute atomic E-state index is 0.273. The van der Waals surface area contributed by atoms with Gasteiger partial charge in [-0.1, -0.05) is 41.2 Å². The monoisotopic (exact) mass is 383 g/mol. The molecule has 0 radical (unpaired) electrons. The van der Waals surface area contributed by atoms with Crippen molar-refractivity contribution in [2.45, 2.75) is 20.8 Å². The first-order valence-electron chi connectivity index (χ1n) is 8.72. The fraction of sp³-hybridized carbons (Fsp3) is 0.250. The fourth-order valence-corrected chi connectivity index (χ4v) is 3.19. The zero-order valence-corrected chi connectivity index (χ0v) is 16.3. The quantitative estimate of drug-likeness (QED) is 0.647. The van der Waals surface area contributed by atoms with Crippen molar-refractivity contribution in [2.24, 2.45) is 0 Å². The number of anilines is 1. The van der Waals surface area contributed by atoms with Crippen LogP contribution in [0.2, 0.25) is 0 Å². The Labute approximate surface area is 162 Å². The first-order valence-corrected chi connectivity index (χ1v) is 9.54. The molecular formula is C20H21N3O3S. The first kappa shape index (κ1) is 18.8. The van der Waals surface area contributed by atoms with Crippen LogP contribution in [-0.2, 0) is 0 Å². The van der Waals surface area contributed by atoms with E-state index in [1.54, 1.807) is 18.2 Å². The number of aryl methyl sites for hydroxylation is 1. The van der Waals surface area contributed by atoms with Crippen molar-refractivity contribution in [1.29, 1.82) is 0 Å². The Bertz CT molecular complexity index is 922. The van der Waals surface area contributed by atoms with Crippen LogP contribution < -0.4 is 14.8 Å². The highest BCUT2D eigenvalue weighted by atomic mass is 32.1. The Morgan fingerprint density at radius 1 is 1.00 bits per heavy atom. The normalized spacial score (nSPS) is 10.5. The zero-order chi connectivity index (χ0) is 19.2. The molecule has 27 heavy (non-hydrogen) atoms. The van der Waals surface area contributed by atoms with Crippen molar-refractivity contribution in [3.05, 3.63) is 53.6 Å². The minimum atomic E-state index is -0.273. The van der Waals surface area contributed by atoms with Crippen molar-refractivity contribution in [3.63, 3.8) is 0 Å². The highest BCUT2D eigenvalue weighted by molar-refractivity contribution is 7.18. The van der Waals surface area contributed by atoms with E-state index in [0.717, 1.165) is 10.6 Å². The number of benzene rings is 2. The van der Waals surface area contributed by atoms with Crippen LogP contribution in [-0.4, -0.2) is 29.3 Å². The summed E-state index contributed by atoms with van der Waals surface area (Å²) >= 11 is 1.33. The van der Waals surface area contributed by atoms with Gasteiger partial charge in [0.2, 0.25) is 5.13 Å². The highest BCUT2D eigenvalue weighted by Crippen LogP contribution is 2.30. The molecule has 3 rings (SSSR count). The van der Waals surface area contributed by atoms with Gasteiger partial charge in [0.05, 0.1) is 13.2 Å². The van der Waals surface area contributed by atoms with Gasteiger partial charge in [-0.05, 0) is 39.0 Å². The number of aromatic nitrogens is 2. The number of carbonyl (C=O) groups excluding carboxylic acids is 1. The van der Waals surface area contributed by atoms with Crippen LogP contribution >= 0.6 is 11.3 Å². The Balaban J connectivity index is 1.75. The summed E-state index contributed by atoms with van der Waals surface area (Å²) < 4.78 is 11.1. The van der Waals surface area contributed by atoms with Gasteiger partial charge in [0.25, 0.3) is 5.91 Å². The summed E-state index contributed by atoms with van der Waals surface area (Å²) in [7, 11) is 0. The molecule has 6 nitrogen and oxygen atoms in total. The van der Waals surface area contributed by atoms with Crippen LogP contribution in [0.4, 0.5) is 5.13 Å². The smallest absolute Gasteiger partial charge is 0.257 e. The molecule has 1 heterocycles. The van der Waals surface area contributed by atoms with Crippen LogP contribution in [0.15, 0.2) is 42.5 Å². The van der Waals surface area contributed by atoms with Gasteiger partial charge in [-0.25, -0.2) is 0 Å². The fourth-order valence-electron chi connectivity index (χ4n) is 2.45. The van der Waals surface area contributed by atoms with E-state index in [4.69, 9.17) is 9.47 Å². The number of nitrogens with one attached hydrogen (secondary N) is 1.